The Morgan fingerprint density at radius 1 is 1.50 bits per heavy atom. The van der Waals surface area contributed by atoms with Gasteiger partial charge in [0.25, 0.3) is 0 Å². The number of nitrogens with two attached hydrogens (primary N) is 1. The summed E-state index contributed by atoms with van der Waals surface area (Å²) >= 11 is 1.67. The van der Waals surface area contributed by atoms with Crippen molar-refractivity contribution >= 4 is 23.4 Å². The molecule has 1 amide bonds. The molecule has 0 bridgehead atoms. The van der Waals surface area contributed by atoms with Crippen LogP contribution in [-0.4, -0.2) is 18.2 Å². The van der Waals surface area contributed by atoms with Gasteiger partial charge in [-0.05, 0) is 31.5 Å². The normalized spacial score (nSPS) is 10.1. The molecular formula is C12H18N2OS. The SMILES string of the molecule is CCNC(=O)CCSc1cccc(N)c1C. The molecular weight excluding hydrogens is 220 g/mol. The van der Waals surface area contributed by atoms with Gasteiger partial charge < -0.3 is 11.1 Å². The van der Waals surface area contributed by atoms with Crippen molar-refractivity contribution in [1.82, 2.24) is 5.32 Å². The zero-order chi connectivity index (χ0) is 12.0. The van der Waals surface area contributed by atoms with Crippen molar-refractivity contribution in [3.8, 4) is 0 Å². The fraction of sp³-hybridized carbons (Fsp3) is 0.417. The minimum Gasteiger partial charge on any atom is -0.398 e. The highest BCUT2D eigenvalue weighted by Crippen LogP contribution is 2.26. The van der Waals surface area contributed by atoms with Crippen LogP contribution < -0.4 is 11.1 Å². The number of carbonyl (C=O) groups excluding carboxylic acids is 1. The summed E-state index contributed by atoms with van der Waals surface area (Å²) in [6, 6.07) is 5.87. The summed E-state index contributed by atoms with van der Waals surface area (Å²) in [6.07, 6.45) is 0.548. The quantitative estimate of drug-likeness (QED) is 0.611. The smallest absolute Gasteiger partial charge is 0.220 e. The summed E-state index contributed by atoms with van der Waals surface area (Å²) in [4.78, 5) is 12.4. The third kappa shape index (κ3) is 3.77. The molecule has 3 nitrogen and oxygen atoms in total. The van der Waals surface area contributed by atoms with Gasteiger partial charge in [0.1, 0.15) is 0 Å². The van der Waals surface area contributed by atoms with E-state index < -0.39 is 0 Å². The van der Waals surface area contributed by atoms with E-state index in [1.807, 2.05) is 32.0 Å². The Kier molecular flexibility index (Phi) is 5.19. The van der Waals surface area contributed by atoms with E-state index in [0.29, 0.717) is 13.0 Å². The largest absolute Gasteiger partial charge is 0.398 e. The van der Waals surface area contributed by atoms with E-state index in [-0.39, 0.29) is 5.91 Å². The second-order valence-electron chi connectivity index (χ2n) is 3.52. The molecule has 1 aromatic rings. The minimum absolute atomic E-state index is 0.108. The number of hydrogen-bond acceptors (Lipinski definition) is 3. The molecule has 16 heavy (non-hydrogen) atoms. The molecule has 0 saturated heterocycles. The fourth-order valence-electron chi connectivity index (χ4n) is 1.33. The maximum Gasteiger partial charge on any atom is 0.220 e. The number of hydrogen-bond donors (Lipinski definition) is 2. The van der Waals surface area contributed by atoms with Crippen LogP contribution in [0.5, 0.6) is 0 Å². The zero-order valence-electron chi connectivity index (χ0n) is 9.75. The minimum atomic E-state index is 0.108. The highest BCUT2D eigenvalue weighted by Gasteiger charge is 2.04. The topological polar surface area (TPSA) is 55.1 Å². The van der Waals surface area contributed by atoms with Crippen LogP contribution in [0.2, 0.25) is 0 Å². The van der Waals surface area contributed by atoms with Crippen LogP contribution in [0.25, 0.3) is 0 Å². The molecule has 4 heteroatoms. The molecule has 0 aliphatic heterocycles. The summed E-state index contributed by atoms with van der Waals surface area (Å²) in [7, 11) is 0. The van der Waals surface area contributed by atoms with Crippen molar-refractivity contribution in [1.29, 1.82) is 0 Å². The molecule has 1 aromatic carbocycles. The maximum atomic E-state index is 11.2. The van der Waals surface area contributed by atoms with Crippen LogP contribution in [0.4, 0.5) is 5.69 Å². The second-order valence-corrected chi connectivity index (χ2v) is 4.66. The number of amides is 1. The monoisotopic (exact) mass is 238 g/mol. The molecule has 0 fully saturated rings. The average Bonchev–Trinajstić information content (AvgIpc) is 2.25. The predicted octanol–water partition coefficient (Wildman–Crippen LogP) is 2.20. The van der Waals surface area contributed by atoms with E-state index in [9.17, 15) is 4.79 Å². The lowest BCUT2D eigenvalue weighted by molar-refractivity contribution is -0.120. The van der Waals surface area contributed by atoms with E-state index >= 15 is 0 Å². The Morgan fingerprint density at radius 3 is 2.94 bits per heavy atom. The van der Waals surface area contributed by atoms with Crippen LogP contribution >= 0.6 is 11.8 Å². The molecule has 0 aliphatic carbocycles. The number of anilines is 1. The molecule has 0 aromatic heterocycles. The number of nitrogen functional groups attached to an aromatic ring is 1. The standard InChI is InChI=1S/C12H18N2OS/c1-3-14-12(15)7-8-16-11-6-4-5-10(13)9(11)2/h4-6H,3,7-8,13H2,1-2H3,(H,14,15). The van der Waals surface area contributed by atoms with Crippen LogP contribution in [0.1, 0.15) is 18.9 Å². The van der Waals surface area contributed by atoms with Crippen LogP contribution in [0.3, 0.4) is 0 Å². The van der Waals surface area contributed by atoms with Gasteiger partial charge in [0.2, 0.25) is 5.91 Å². The van der Waals surface area contributed by atoms with E-state index in [4.69, 9.17) is 5.73 Å². The van der Waals surface area contributed by atoms with Crippen LogP contribution in [-0.2, 0) is 4.79 Å². The Balaban J connectivity index is 2.43. The van der Waals surface area contributed by atoms with Gasteiger partial charge in [-0.2, -0.15) is 0 Å². The second kappa shape index (κ2) is 6.43. The summed E-state index contributed by atoms with van der Waals surface area (Å²) in [5, 5.41) is 2.78. The number of carbonyl (C=O) groups is 1. The molecule has 3 N–H and O–H groups in total. The molecule has 0 unspecified atom stereocenters. The first-order valence-electron chi connectivity index (χ1n) is 5.39. The van der Waals surface area contributed by atoms with Gasteiger partial charge in [0, 0.05) is 29.3 Å². The molecule has 0 atom stereocenters. The maximum absolute atomic E-state index is 11.2. The van der Waals surface area contributed by atoms with Crippen LogP contribution in [0.15, 0.2) is 23.1 Å². The van der Waals surface area contributed by atoms with Crippen molar-refractivity contribution in [2.45, 2.75) is 25.2 Å². The first-order chi connectivity index (χ1) is 7.65. The Labute approximate surface area is 101 Å². The molecule has 0 radical (unpaired) electrons. The van der Waals surface area contributed by atoms with E-state index in [0.717, 1.165) is 21.9 Å². The number of nitrogens with one attached hydrogen (secondary N) is 1. The van der Waals surface area contributed by atoms with Gasteiger partial charge in [0.15, 0.2) is 0 Å². The Morgan fingerprint density at radius 2 is 2.25 bits per heavy atom. The number of rotatable bonds is 5. The summed E-state index contributed by atoms with van der Waals surface area (Å²) in [5.41, 5.74) is 7.72. The predicted molar refractivity (Wildman–Crippen MR) is 69.6 cm³/mol. The van der Waals surface area contributed by atoms with Crippen molar-refractivity contribution < 1.29 is 4.79 Å². The van der Waals surface area contributed by atoms with E-state index in [1.165, 1.54) is 0 Å². The molecule has 88 valence electrons. The van der Waals surface area contributed by atoms with Gasteiger partial charge in [-0.1, -0.05) is 6.07 Å². The van der Waals surface area contributed by atoms with E-state index in [2.05, 4.69) is 5.32 Å². The Bertz CT molecular complexity index is 366. The van der Waals surface area contributed by atoms with Crippen molar-refractivity contribution in [2.75, 3.05) is 18.0 Å². The highest BCUT2D eigenvalue weighted by molar-refractivity contribution is 7.99. The summed E-state index contributed by atoms with van der Waals surface area (Å²) in [5.74, 6) is 0.896. The van der Waals surface area contributed by atoms with Crippen molar-refractivity contribution in [2.24, 2.45) is 0 Å². The van der Waals surface area contributed by atoms with Gasteiger partial charge in [0.05, 0.1) is 0 Å². The lowest BCUT2D eigenvalue weighted by Gasteiger charge is -2.07. The Hall–Kier alpha value is -1.16. The van der Waals surface area contributed by atoms with Gasteiger partial charge >= 0.3 is 0 Å². The molecule has 1 rings (SSSR count). The third-order valence-electron chi connectivity index (χ3n) is 2.29. The van der Waals surface area contributed by atoms with Gasteiger partial charge in [-0.15, -0.1) is 11.8 Å². The molecule has 0 saturated carbocycles. The third-order valence-corrected chi connectivity index (χ3v) is 3.45. The average molecular weight is 238 g/mol. The number of benzene rings is 1. The number of thioether (sulfide) groups is 1. The zero-order valence-corrected chi connectivity index (χ0v) is 10.6. The van der Waals surface area contributed by atoms with Crippen molar-refractivity contribution in [3.05, 3.63) is 23.8 Å². The fourth-order valence-corrected chi connectivity index (χ4v) is 2.34. The first-order valence-corrected chi connectivity index (χ1v) is 6.38. The summed E-state index contributed by atoms with van der Waals surface area (Å²) < 4.78 is 0. The van der Waals surface area contributed by atoms with E-state index in [1.54, 1.807) is 11.8 Å². The lowest BCUT2D eigenvalue weighted by atomic mass is 10.2. The molecule has 0 spiro atoms. The lowest BCUT2D eigenvalue weighted by Crippen LogP contribution is -2.22. The summed E-state index contributed by atoms with van der Waals surface area (Å²) in [6.45, 7) is 4.62. The van der Waals surface area contributed by atoms with Crippen LogP contribution in [0, 0.1) is 6.92 Å². The van der Waals surface area contributed by atoms with Gasteiger partial charge in [-0.25, -0.2) is 0 Å². The first kappa shape index (κ1) is 12.9. The molecule has 0 aliphatic rings. The van der Waals surface area contributed by atoms with Gasteiger partial charge in [-0.3, -0.25) is 4.79 Å². The molecule has 0 heterocycles. The van der Waals surface area contributed by atoms with Crippen molar-refractivity contribution in [3.63, 3.8) is 0 Å². The highest BCUT2D eigenvalue weighted by atomic mass is 32.2.